The van der Waals surface area contributed by atoms with Crippen molar-refractivity contribution in [1.82, 2.24) is 9.78 Å². The van der Waals surface area contributed by atoms with Crippen LogP contribution < -0.4 is 0 Å². The molecule has 1 unspecified atom stereocenters. The van der Waals surface area contributed by atoms with Gasteiger partial charge in [-0.25, -0.2) is 13.6 Å². The smallest absolute Gasteiger partial charge is 0.341 e. The number of carbonyl (C=O) groups is 1. The number of hydrogen-bond donors (Lipinski definition) is 0. The van der Waals surface area contributed by atoms with E-state index in [4.69, 9.17) is 0 Å². The fourth-order valence-corrected chi connectivity index (χ4v) is 1.91. The van der Waals surface area contributed by atoms with Gasteiger partial charge in [0, 0.05) is 19.0 Å². The Balaban J connectivity index is 2.11. The van der Waals surface area contributed by atoms with Gasteiger partial charge in [0.15, 0.2) is 0 Å². The minimum atomic E-state index is -2.61. The molecule has 1 aliphatic rings. The standard InChI is InChI=1S/C10H12F2N2O2/c1-16-9(15)7-5-13-14(6-7)8-2-3-10(11,12)4-8/h5-6,8H,2-4H2,1H3. The van der Waals surface area contributed by atoms with Crippen LogP contribution >= 0.6 is 0 Å². The molecule has 4 nitrogen and oxygen atoms in total. The van der Waals surface area contributed by atoms with Gasteiger partial charge in [-0.1, -0.05) is 0 Å². The minimum Gasteiger partial charge on any atom is -0.465 e. The van der Waals surface area contributed by atoms with Gasteiger partial charge in [0.2, 0.25) is 5.92 Å². The molecule has 0 saturated heterocycles. The van der Waals surface area contributed by atoms with E-state index in [1.165, 1.54) is 24.2 Å². The summed E-state index contributed by atoms with van der Waals surface area (Å²) >= 11 is 0. The first kappa shape index (κ1) is 11.0. The molecule has 0 aromatic carbocycles. The third-order valence-corrected chi connectivity index (χ3v) is 2.77. The normalized spacial score (nSPS) is 23.3. The third kappa shape index (κ3) is 2.05. The number of aromatic nitrogens is 2. The molecular weight excluding hydrogens is 218 g/mol. The average molecular weight is 230 g/mol. The van der Waals surface area contributed by atoms with Gasteiger partial charge < -0.3 is 4.74 Å². The van der Waals surface area contributed by atoms with E-state index in [1.54, 1.807) is 0 Å². The molecule has 0 aliphatic heterocycles. The van der Waals surface area contributed by atoms with E-state index in [0.29, 0.717) is 6.42 Å². The second kappa shape index (κ2) is 3.84. The predicted molar refractivity (Wildman–Crippen MR) is 51.4 cm³/mol. The highest BCUT2D eigenvalue weighted by atomic mass is 19.3. The van der Waals surface area contributed by atoms with Gasteiger partial charge in [0.05, 0.1) is 24.9 Å². The van der Waals surface area contributed by atoms with E-state index in [2.05, 4.69) is 9.84 Å². The molecule has 16 heavy (non-hydrogen) atoms. The quantitative estimate of drug-likeness (QED) is 0.730. The predicted octanol–water partition coefficient (Wildman–Crippen LogP) is 2.03. The Morgan fingerprint density at radius 3 is 3.00 bits per heavy atom. The van der Waals surface area contributed by atoms with E-state index in [-0.39, 0.29) is 24.4 Å². The summed E-state index contributed by atoms with van der Waals surface area (Å²) in [6.45, 7) is 0. The van der Waals surface area contributed by atoms with Crippen LogP contribution in [0.15, 0.2) is 12.4 Å². The van der Waals surface area contributed by atoms with Crippen molar-refractivity contribution in [2.24, 2.45) is 0 Å². The van der Waals surface area contributed by atoms with Crippen molar-refractivity contribution in [3.63, 3.8) is 0 Å². The second-order valence-electron chi connectivity index (χ2n) is 3.95. The van der Waals surface area contributed by atoms with E-state index >= 15 is 0 Å². The zero-order valence-electron chi connectivity index (χ0n) is 8.82. The van der Waals surface area contributed by atoms with Crippen LogP contribution in [-0.2, 0) is 4.74 Å². The Bertz CT molecular complexity index is 403. The number of ether oxygens (including phenoxy) is 1. The van der Waals surface area contributed by atoms with Crippen LogP contribution in [0, 0.1) is 0 Å². The van der Waals surface area contributed by atoms with Crippen molar-refractivity contribution in [2.75, 3.05) is 7.11 Å². The zero-order valence-corrected chi connectivity index (χ0v) is 8.82. The molecule has 1 aromatic rings. The fraction of sp³-hybridized carbons (Fsp3) is 0.600. The summed E-state index contributed by atoms with van der Waals surface area (Å²) in [6.07, 6.45) is 2.84. The van der Waals surface area contributed by atoms with Crippen molar-refractivity contribution in [1.29, 1.82) is 0 Å². The van der Waals surface area contributed by atoms with Crippen LogP contribution in [0.5, 0.6) is 0 Å². The van der Waals surface area contributed by atoms with Crippen LogP contribution in [0.25, 0.3) is 0 Å². The Morgan fingerprint density at radius 2 is 2.44 bits per heavy atom. The molecular formula is C10H12F2N2O2. The lowest BCUT2D eigenvalue weighted by Crippen LogP contribution is -2.12. The number of methoxy groups -OCH3 is 1. The maximum absolute atomic E-state index is 13.0. The van der Waals surface area contributed by atoms with E-state index in [0.717, 1.165) is 0 Å². The largest absolute Gasteiger partial charge is 0.465 e. The maximum atomic E-state index is 13.0. The van der Waals surface area contributed by atoms with Gasteiger partial charge in [-0.2, -0.15) is 5.10 Å². The van der Waals surface area contributed by atoms with Crippen LogP contribution in [0.1, 0.15) is 35.7 Å². The SMILES string of the molecule is COC(=O)c1cnn(C2CCC(F)(F)C2)c1. The molecule has 0 spiro atoms. The number of alkyl halides is 2. The molecule has 0 N–H and O–H groups in total. The Hall–Kier alpha value is -1.46. The second-order valence-corrected chi connectivity index (χ2v) is 3.95. The first-order chi connectivity index (χ1) is 7.52. The summed E-state index contributed by atoms with van der Waals surface area (Å²) in [5.41, 5.74) is 0.290. The number of nitrogens with zero attached hydrogens (tertiary/aromatic N) is 2. The molecule has 1 heterocycles. The molecule has 0 amide bonds. The number of halogens is 2. The fourth-order valence-electron chi connectivity index (χ4n) is 1.91. The van der Waals surface area contributed by atoms with Gasteiger partial charge in [0.25, 0.3) is 0 Å². The molecule has 1 aliphatic carbocycles. The van der Waals surface area contributed by atoms with Gasteiger partial charge in [0.1, 0.15) is 0 Å². The van der Waals surface area contributed by atoms with Crippen molar-refractivity contribution in [2.45, 2.75) is 31.2 Å². The highest BCUT2D eigenvalue weighted by molar-refractivity contribution is 5.88. The summed E-state index contributed by atoms with van der Waals surface area (Å²) in [4.78, 5) is 11.1. The van der Waals surface area contributed by atoms with Gasteiger partial charge in [-0.15, -0.1) is 0 Å². The van der Waals surface area contributed by atoms with Gasteiger partial charge in [-0.3, -0.25) is 4.68 Å². The maximum Gasteiger partial charge on any atom is 0.341 e. The van der Waals surface area contributed by atoms with Crippen molar-refractivity contribution in [3.05, 3.63) is 18.0 Å². The highest BCUT2D eigenvalue weighted by Crippen LogP contribution is 2.41. The van der Waals surface area contributed by atoms with Crippen molar-refractivity contribution in [3.8, 4) is 0 Å². The molecule has 1 fully saturated rings. The minimum absolute atomic E-state index is 0.120. The van der Waals surface area contributed by atoms with E-state index < -0.39 is 11.9 Å². The lowest BCUT2D eigenvalue weighted by atomic mass is 10.2. The van der Waals surface area contributed by atoms with E-state index in [9.17, 15) is 13.6 Å². The molecule has 2 rings (SSSR count). The van der Waals surface area contributed by atoms with Crippen molar-refractivity contribution >= 4 is 5.97 Å². The molecule has 1 atom stereocenters. The molecule has 0 bridgehead atoms. The van der Waals surface area contributed by atoms with Gasteiger partial charge in [-0.05, 0) is 6.42 Å². The lowest BCUT2D eigenvalue weighted by molar-refractivity contribution is 0.00518. The molecule has 1 aromatic heterocycles. The number of carbonyl (C=O) groups excluding carboxylic acids is 1. The summed E-state index contributed by atoms with van der Waals surface area (Å²) in [5.74, 6) is -3.11. The molecule has 1 saturated carbocycles. The van der Waals surface area contributed by atoms with Crippen LogP contribution in [0.2, 0.25) is 0 Å². The first-order valence-corrected chi connectivity index (χ1v) is 5.02. The lowest BCUT2D eigenvalue weighted by Gasteiger charge is -2.10. The van der Waals surface area contributed by atoms with Crippen LogP contribution in [-0.4, -0.2) is 28.8 Å². The summed E-state index contributed by atoms with van der Waals surface area (Å²) in [6, 6.07) is -0.326. The van der Waals surface area contributed by atoms with Crippen molar-refractivity contribution < 1.29 is 18.3 Å². The van der Waals surface area contributed by atoms with Gasteiger partial charge >= 0.3 is 5.97 Å². The zero-order chi connectivity index (χ0) is 11.8. The summed E-state index contributed by atoms with van der Waals surface area (Å²) < 4.78 is 31.9. The molecule has 0 radical (unpaired) electrons. The Morgan fingerprint density at radius 1 is 1.69 bits per heavy atom. The summed E-state index contributed by atoms with van der Waals surface area (Å²) in [5, 5.41) is 3.92. The third-order valence-electron chi connectivity index (χ3n) is 2.77. The van der Waals surface area contributed by atoms with Crippen LogP contribution in [0.3, 0.4) is 0 Å². The number of hydrogen-bond acceptors (Lipinski definition) is 3. The highest BCUT2D eigenvalue weighted by Gasteiger charge is 2.40. The average Bonchev–Trinajstić information content (AvgIpc) is 2.83. The monoisotopic (exact) mass is 230 g/mol. The molecule has 6 heteroatoms. The Kier molecular flexibility index (Phi) is 2.65. The topological polar surface area (TPSA) is 44.1 Å². The Labute approximate surface area is 91.2 Å². The van der Waals surface area contributed by atoms with Crippen LogP contribution in [0.4, 0.5) is 8.78 Å². The summed E-state index contributed by atoms with van der Waals surface area (Å²) in [7, 11) is 1.27. The van der Waals surface area contributed by atoms with E-state index in [1.807, 2.05) is 0 Å². The number of esters is 1. The number of rotatable bonds is 2. The first-order valence-electron chi connectivity index (χ1n) is 5.02. The molecule has 88 valence electrons.